The summed E-state index contributed by atoms with van der Waals surface area (Å²) in [5.74, 6) is 1.18. The van der Waals surface area contributed by atoms with Crippen molar-refractivity contribution in [2.45, 2.75) is 62.7 Å². The molecule has 0 aliphatic carbocycles. The number of amides is 3. The number of H-pyrrole nitrogens is 2. The number of ether oxygens (including phenoxy) is 2. The first-order valence-corrected chi connectivity index (χ1v) is 20.7. The van der Waals surface area contributed by atoms with Crippen LogP contribution in [0.1, 0.15) is 73.9 Å². The third-order valence-corrected chi connectivity index (χ3v) is 12.2. The van der Waals surface area contributed by atoms with Crippen molar-refractivity contribution in [1.82, 2.24) is 45.2 Å². The average Bonchev–Trinajstić information content (AvgIpc) is 4.15. The molecule has 0 radical (unpaired) electrons. The standard InChI is InChI=1S/C45H48N10O5/c1-59-45(58)51-40(28-17-21-60-22-18-28)44(57)55-20-6-10-38(55)41-47-25-35(49-41)32-14-12-29-23-31(13-11-30(29)24-32)33-15-16-34(53-52-33)36-26-48-42(50-36)37-9-5-19-54(37)43(56)39(46)27-7-3-2-4-8-27/h2-4,7-8,11-16,23-26,28,37-40H,5-6,9-10,17-22,46H2,1H3,(H,47,49)(H,48,50)(H,51,58)/t37-,38-,39+,40-/m0/s1. The van der Waals surface area contributed by atoms with E-state index in [1.165, 1.54) is 7.11 Å². The van der Waals surface area contributed by atoms with E-state index in [2.05, 4.69) is 60.8 Å². The molecule has 3 saturated heterocycles. The van der Waals surface area contributed by atoms with Crippen LogP contribution in [0.25, 0.3) is 44.7 Å². The molecule has 3 aromatic carbocycles. The van der Waals surface area contributed by atoms with Crippen LogP contribution in [0.4, 0.5) is 4.79 Å². The first-order valence-electron chi connectivity index (χ1n) is 20.7. The summed E-state index contributed by atoms with van der Waals surface area (Å²) in [6, 6.07) is 24.0. The highest BCUT2D eigenvalue weighted by Gasteiger charge is 2.40. The van der Waals surface area contributed by atoms with Gasteiger partial charge in [0.05, 0.1) is 48.7 Å². The summed E-state index contributed by atoms with van der Waals surface area (Å²) in [4.78, 5) is 59.6. The summed E-state index contributed by atoms with van der Waals surface area (Å²) in [5.41, 5.74) is 12.1. The molecule has 3 amide bonds. The maximum Gasteiger partial charge on any atom is 0.407 e. The molecule has 308 valence electrons. The number of methoxy groups -OCH3 is 1. The second-order valence-corrected chi connectivity index (χ2v) is 15.8. The maximum atomic E-state index is 14.0. The van der Waals surface area contributed by atoms with Crippen molar-refractivity contribution in [3.05, 3.63) is 108 Å². The van der Waals surface area contributed by atoms with Gasteiger partial charge in [0.15, 0.2) is 0 Å². The third kappa shape index (κ3) is 7.85. The number of aromatic nitrogens is 6. The molecular formula is C45H48N10O5. The summed E-state index contributed by atoms with van der Waals surface area (Å²) in [5, 5.41) is 14.0. The summed E-state index contributed by atoms with van der Waals surface area (Å²) in [6.45, 7) is 2.34. The van der Waals surface area contributed by atoms with Crippen LogP contribution in [0.2, 0.25) is 0 Å². The lowest BCUT2D eigenvalue weighted by Crippen LogP contribution is -2.53. The van der Waals surface area contributed by atoms with Gasteiger partial charge in [-0.2, -0.15) is 0 Å². The molecule has 15 nitrogen and oxygen atoms in total. The molecule has 0 unspecified atom stereocenters. The van der Waals surface area contributed by atoms with Gasteiger partial charge in [0.25, 0.3) is 0 Å². The van der Waals surface area contributed by atoms with Crippen molar-refractivity contribution in [1.29, 1.82) is 0 Å². The fourth-order valence-corrected chi connectivity index (χ4v) is 8.90. The molecule has 0 saturated carbocycles. The largest absolute Gasteiger partial charge is 0.453 e. The second kappa shape index (κ2) is 17.0. The SMILES string of the molecule is COC(=O)N[C@H](C(=O)N1CCC[C@H]1c1ncc(-c2ccc3cc(-c4ccc(-c5cnc([C@@H]6CCCN6C(=O)[C@H](N)c6ccccc6)[nH]5)nn4)ccc3c2)[nH]1)C1CCOCC1. The van der Waals surface area contributed by atoms with Gasteiger partial charge in [0.2, 0.25) is 11.8 Å². The number of carbonyl (C=O) groups excluding carboxylic acids is 3. The number of imidazole rings is 2. The summed E-state index contributed by atoms with van der Waals surface area (Å²) in [7, 11) is 1.31. The predicted molar refractivity (Wildman–Crippen MR) is 224 cm³/mol. The van der Waals surface area contributed by atoms with Gasteiger partial charge in [0, 0.05) is 37.4 Å². The van der Waals surface area contributed by atoms with E-state index in [4.69, 9.17) is 20.2 Å². The van der Waals surface area contributed by atoms with Crippen molar-refractivity contribution in [3.63, 3.8) is 0 Å². The molecule has 6 heterocycles. The van der Waals surface area contributed by atoms with Crippen molar-refractivity contribution in [2.24, 2.45) is 11.7 Å². The van der Waals surface area contributed by atoms with E-state index >= 15 is 0 Å². The highest BCUT2D eigenvalue weighted by molar-refractivity contribution is 5.90. The number of nitrogens with one attached hydrogen (secondary N) is 3. The van der Waals surface area contributed by atoms with E-state index in [1.807, 2.05) is 64.5 Å². The van der Waals surface area contributed by atoms with Crippen molar-refractivity contribution in [2.75, 3.05) is 33.4 Å². The summed E-state index contributed by atoms with van der Waals surface area (Å²) < 4.78 is 10.4. The molecule has 3 aliphatic heterocycles. The fourth-order valence-electron chi connectivity index (χ4n) is 8.90. The van der Waals surface area contributed by atoms with Crippen LogP contribution in [0.15, 0.2) is 91.3 Å². The number of benzene rings is 3. The second-order valence-electron chi connectivity index (χ2n) is 15.8. The number of nitrogens with two attached hydrogens (primary N) is 1. The Balaban J connectivity index is 0.868. The number of carbonyl (C=O) groups is 3. The molecule has 15 heteroatoms. The minimum atomic E-state index is -0.726. The van der Waals surface area contributed by atoms with Gasteiger partial charge >= 0.3 is 6.09 Å². The van der Waals surface area contributed by atoms with E-state index < -0.39 is 18.2 Å². The lowest BCUT2D eigenvalue weighted by molar-refractivity contribution is -0.137. The Labute approximate surface area is 347 Å². The van der Waals surface area contributed by atoms with Crippen LogP contribution in [0.5, 0.6) is 0 Å². The van der Waals surface area contributed by atoms with Crippen LogP contribution in [-0.4, -0.2) is 97.3 Å². The van der Waals surface area contributed by atoms with E-state index in [9.17, 15) is 14.4 Å². The Morgan fingerprint density at radius 3 is 2.02 bits per heavy atom. The van der Waals surface area contributed by atoms with Gasteiger partial charge in [-0.05, 0) is 85.0 Å². The Hall–Kier alpha value is -6.45. The van der Waals surface area contributed by atoms with Crippen molar-refractivity contribution < 1.29 is 23.9 Å². The van der Waals surface area contributed by atoms with Crippen LogP contribution >= 0.6 is 0 Å². The van der Waals surface area contributed by atoms with Gasteiger partial charge in [-0.15, -0.1) is 10.2 Å². The zero-order valence-electron chi connectivity index (χ0n) is 33.4. The molecule has 60 heavy (non-hydrogen) atoms. The van der Waals surface area contributed by atoms with Crippen LogP contribution < -0.4 is 11.1 Å². The van der Waals surface area contributed by atoms with Crippen molar-refractivity contribution in [3.8, 4) is 33.9 Å². The van der Waals surface area contributed by atoms with E-state index in [0.717, 1.165) is 76.1 Å². The number of fused-ring (bicyclic) bond motifs is 1. The smallest absolute Gasteiger partial charge is 0.407 e. The summed E-state index contributed by atoms with van der Waals surface area (Å²) >= 11 is 0. The van der Waals surface area contributed by atoms with Gasteiger partial charge in [-0.25, -0.2) is 14.8 Å². The zero-order chi connectivity index (χ0) is 41.2. The van der Waals surface area contributed by atoms with Crippen molar-refractivity contribution >= 4 is 28.7 Å². The molecule has 0 bridgehead atoms. The number of rotatable bonds is 10. The monoisotopic (exact) mass is 808 g/mol. The molecule has 3 aliphatic rings. The molecule has 0 spiro atoms. The first kappa shape index (κ1) is 39.0. The van der Waals surface area contributed by atoms with Gasteiger partial charge < -0.3 is 40.3 Å². The maximum absolute atomic E-state index is 14.0. The molecule has 9 rings (SSSR count). The molecule has 5 N–H and O–H groups in total. The quantitative estimate of drug-likeness (QED) is 0.123. The van der Waals surface area contributed by atoms with E-state index in [1.54, 1.807) is 6.20 Å². The minimum Gasteiger partial charge on any atom is -0.453 e. The van der Waals surface area contributed by atoms with Gasteiger partial charge in [-0.3, -0.25) is 9.59 Å². The van der Waals surface area contributed by atoms with Gasteiger partial charge in [-0.1, -0.05) is 54.6 Å². The topological polar surface area (TPSA) is 197 Å². The van der Waals surface area contributed by atoms with E-state index in [-0.39, 0.29) is 29.8 Å². The molecule has 6 aromatic rings. The first-order chi connectivity index (χ1) is 29.3. The number of hydrogen-bond acceptors (Lipinski definition) is 10. The Kier molecular flexibility index (Phi) is 11.1. The summed E-state index contributed by atoms with van der Waals surface area (Å²) in [6.07, 6.45) is 7.63. The molecule has 4 atom stereocenters. The number of likely N-dealkylation sites (tertiary alicyclic amines) is 2. The lowest BCUT2D eigenvalue weighted by atomic mass is 9.90. The minimum absolute atomic E-state index is 0.0288. The predicted octanol–water partition coefficient (Wildman–Crippen LogP) is 6.26. The molecule has 3 fully saturated rings. The zero-order valence-corrected chi connectivity index (χ0v) is 33.4. The number of aromatic amines is 2. The lowest BCUT2D eigenvalue weighted by Gasteiger charge is -2.34. The highest BCUT2D eigenvalue weighted by Crippen LogP contribution is 2.36. The fraction of sp³-hybridized carbons (Fsp3) is 0.356. The molecule has 3 aromatic heterocycles. The Morgan fingerprint density at radius 1 is 0.750 bits per heavy atom. The normalized spacial score (nSPS) is 19.4. The number of alkyl carbamates (subject to hydrolysis) is 1. The number of hydrogen-bond donors (Lipinski definition) is 4. The third-order valence-electron chi connectivity index (χ3n) is 12.2. The highest BCUT2D eigenvalue weighted by atomic mass is 16.5. The van der Waals surface area contributed by atoms with Crippen LogP contribution in [-0.2, 0) is 19.1 Å². The average molecular weight is 809 g/mol. The molecular weight excluding hydrogens is 761 g/mol. The van der Waals surface area contributed by atoms with Crippen LogP contribution in [0.3, 0.4) is 0 Å². The Morgan fingerprint density at radius 2 is 1.35 bits per heavy atom. The number of nitrogens with zero attached hydrogens (tertiary/aromatic N) is 6. The Bertz CT molecular complexity index is 2480. The van der Waals surface area contributed by atoms with Crippen LogP contribution in [0, 0.1) is 5.92 Å². The van der Waals surface area contributed by atoms with Gasteiger partial charge in [0.1, 0.15) is 29.4 Å². The van der Waals surface area contributed by atoms with E-state index in [0.29, 0.717) is 50.7 Å².